The molecule has 0 spiro atoms. The number of carbonyl (C=O) groups excluding carboxylic acids is 2. The molecule has 0 aromatic heterocycles. The standard InChI is InChI=1S/C21H22N2O4/c1-14-5-2-3-6-17(14)18(13-20(25)26)22-21(27)15-8-10-16(11-9-15)23-12-4-7-19(23)24/h2-3,5-6,8-11,18H,4,7,12-13H2,1H3,(H,22,27)(H,25,26)/t18-/m1/s1. The van der Waals surface area contributed by atoms with E-state index < -0.39 is 12.0 Å². The minimum atomic E-state index is -0.980. The highest BCUT2D eigenvalue weighted by Crippen LogP contribution is 2.23. The molecule has 3 rings (SSSR count). The normalized spacial score (nSPS) is 14.9. The zero-order valence-electron chi connectivity index (χ0n) is 15.1. The Kier molecular flexibility index (Phi) is 5.54. The fraction of sp³-hybridized carbons (Fsp3) is 0.286. The molecule has 0 saturated carbocycles. The summed E-state index contributed by atoms with van der Waals surface area (Å²) >= 11 is 0. The molecule has 1 saturated heterocycles. The number of rotatable bonds is 6. The minimum Gasteiger partial charge on any atom is -0.481 e. The topological polar surface area (TPSA) is 86.7 Å². The molecule has 0 radical (unpaired) electrons. The Morgan fingerprint density at radius 1 is 1.15 bits per heavy atom. The van der Waals surface area contributed by atoms with Gasteiger partial charge < -0.3 is 15.3 Å². The molecule has 1 fully saturated rings. The second-order valence-corrected chi connectivity index (χ2v) is 6.68. The first kappa shape index (κ1) is 18.6. The molecular weight excluding hydrogens is 344 g/mol. The Bertz CT molecular complexity index is 861. The van der Waals surface area contributed by atoms with Crippen molar-refractivity contribution in [3.63, 3.8) is 0 Å². The van der Waals surface area contributed by atoms with Crippen LogP contribution >= 0.6 is 0 Å². The average Bonchev–Trinajstić information content (AvgIpc) is 3.07. The van der Waals surface area contributed by atoms with Crippen molar-refractivity contribution in [1.82, 2.24) is 5.32 Å². The van der Waals surface area contributed by atoms with Crippen molar-refractivity contribution in [2.24, 2.45) is 0 Å². The monoisotopic (exact) mass is 366 g/mol. The zero-order valence-corrected chi connectivity index (χ0v) is 15.1. The molecule has 140 valence electrons. The number of benzene rings is 2. The summed E-state index contributed by atoms with van der Waals surface area (Å²) in [6.07, 6.45) is 1.20. The van der Waals surface area contributed by atoms with E-state index in [-0.39, 0.29) is 18.2 Å². The van der Waals surface area contributed by atoms with Gasteiger partial charge in [0, 0.05) is 24.2 Å². The number of carboxylic acid groups (broad SMARTS) is 1. The fourth-order valence-electron chi connectivity index (χ4n) is 3.35. The lowest BCUT2D eigenvalue weighted by Gasteiger charge is -2.20. The number of hydrogen-bond donors (Lipinski definition) is 2. The van der Waals surface area contributed by atoms with E-state index in [4.69, 9.17) is 0 Å². The van der Waals surface area contributed by atoms with Gasteiger partial charge >= 0.3 is 5.97 Å². The van der Waals surface area contributed by atoms with Crippen LogP contribution in [0.2, 0.25) is 0 Å². The highest BCUT2D eigenvalue weighted by atomic mass is 16.4. The van der Waals surface area contributed by atoms with Crippen LogP contribution in [0.25, 0.3) is 0 Å². The summed E-state index contributed by atoms with van der Waals surface area (Å²) in [7, 11) is 0. The lowest BCUT2D eigenvalue weighted by Crippen LogP contribution is -2.30. The van der Waals surface area contributed by atoms with Crippen LogP contribution < -0.4 is 10.2 Å². The van der Waals surface area contributed by atoms with Gasteiger partial charge in [-0.2, -0.15) is 0 Å². The Hall–Kier alpha value is -3.15. The summed E-state index contributed by atoms with van der Waals surface area (Å²) in [4.78, 5) is 37.4. The first-order valence-electron chi connectivity index (χ1n) is 8.94. The number of hydrogen-bond acceptors (Lipinski definition) is 3. The Labute approximate surface area is 157 Å². The molecule has 1 atom stereocenters. The van der Waals surface area contributed by atoms with Crippen LogP contribution in [0.3, 0.4) is 0 Å². The number of carbonyl (C=O) groups is 3. The van der Waals surface area contributed by atoms with Crippen LogP contribution in [0.5, 0.6) is 0 Å². The summed E-state index contributed by atoms with van der Waals surface area (Å²) < 4.78 is 0. The van der Waals surface area contributed by atoms with Crippen molar-refractivity contribution in [1.29, 1.82) is 0 Å². The van der Waals surface area contributed by atoms with Gasteiger partial charge in [-0.25, -0.2) is 0 Å². The van der Waals surface area contributed by atoms with Gasteiger partial charge in [-0.1, -0.05) is 24.3 Å². The molecule has 1 aliphatic heterocycles. The van der Waals surface area contributed by atoms with Crippen molar-refractivity contribution >= 4 is 23.5 Å². The number of nitrogens with zero attached hydrogens (tertiary/aromatic N) is 1. The summed E-state index contributed by atoms with van der Waals surface area (Å²) in [5.41, 5.74) is 2.91. The number of nitrogens with one attached hydrogen (secondary N) is 1. The molecule has 2 N–H and O–H groups in total. The van der Waals surface area contributed by atoms with Crippen LogP contribution in [-0.2, 0) is 9.59 Å². The van der Waals surface area contributed by atoms with E-state index in [1.165, 1.54) is 0 Å². The minimum absolute atomic E-state index is 0.0910. The molecule has 0 unspecified atom stereocenters. The van der Waals surface area contributed by atoms with E-state index in [2.05, 4.69) is 5.32 Å². The lowest BCUT2D eigenvalue weighted by atomic mass is 9.98. The van der Waals surface area contributed by atoms with E-state index in [1.807, 2.05) is 31.2 Å². The molecular formula is C21H22N2O4. The number of aryl methyl sites for hydroxylation is 1. The molecule has 0 bridgehead atoms. The second kappa shape index (κ2) is 8.03. The molecule has 1 heterocycles. The van der Waals surface area contributed by atoms with E-state index in [0.29, 0.717) is 18.5 Å². The van der Waals surface area contributed by atoms with Gasteiger partial charge in [-0.05, 0) is 48.7 Å². The van der Waals surface area contributed by atoms with Gasteiger partial charge in [0.05, 0.1) is 12.5 Å². The van der Waals surface area contributed by atoms with Gasteiger partial charge in [0.15, 0.2) is 0 Å². The maximum Gasteiger partial charge on any atom is 0.305 e. The molecule has 0 aliphatic carbocycles. The molecule has 2 aromatic carbocycles. The third kappa shape index (κ3) is 4.34. The van der Waals surface area contributed by atoms with E-state index in [0.717, 1.165) is 23.2 Å². The molecule has 1 aliphatic rings. The van der Waals surface area contributed by atoms with Crippen molar-refractivity contribution in [2.45, 2.75) is 32.2 Å². The van der Waals surface area contributed by atoms with Gasteiger partial charge in [0.25, 0.3) is 5.91 Å². The van der Waals surface area contributed by atoms with Crippen LogP contribution in [0.4, 0.5) is 5.69 Å². The average molecular weight is 366 g/mol. The van der Waals surface area contributed by atoms with Gasteiger partial charge in [0.2, 0.25) is 5.91 Å². The Balaban J connectivity index is 1.76. The van der Waals surface area contributed by atoms with Gasteiger partial charge in [-0.15, -0.1) is 0 Å². The molecule has 6 heteroatoms. The second-order valence-electron chi connectivity index (χ2n) is 6.68. The highest BCUT2D eigenvalue weighted by Gasteiger charge is 2.23. The summed E-state index contributed by atoms with van der Waals surface area (Å²) in [5.74, 6) is -1.23. The third-order valence-corrected chi connectivity index (χ3v) is 4.76. The molecule has 2 amide bonds. The number of anilines is 1. The summed E-state index contributed by atoms with van der Waals surface area (Å²) in [6, 6.07) is 13.6. The van der Waals surface area contributed by atoms with Gasteiger partial charge in [-0.3, -0.25) is 14.4 Å². The third-order valence-electron chi connectivity index (χ3n) is 4.76. The van der Waals surface area contributed by atoms with Crippen LogP contribution in [0.1, 0.15) is 46.8 Å². The van der Waals surface area contributed by atoms with Gasteiger partial charge in [0.1, 0.15) is 0 Å². The quantitative estimate of drug-likeness (QED) is 0.823. The van der Waals surface area contributed by atoms with Crippen molar-refractivity contribution in [2.75, 3.05) is 11.4 Å². The highest BCUT2D eigenvalue weighted by molar-refractivity contribution is 5.97. The smallest absolute Gasteiger partial charge is 0.305 e. The van der Waals surface area contributed by atoms with Crippen molar-refractivity contribution in [3.8, 4) is 0 Å². The largest absolute Gasteiger partial charge is 0.481 e. The Morgan fingerprint density at radius 3 is 2.44 bits per heavy atom. The number of amides is 2. The Morgan fingerprint density at radius 2 is 1.85 bits per heavy atom. The molecule has 6 nitrogen and oxygen atoms in total. The van der Waals surface area contributed by atoms with E-state index >= 15 is 0 Å². The maximum atomic E-state index is 12.6. The molecule has 2 aromatic rings. The van der Waals surface area contributed by atoms with E-state index in [9.17, 15) is 19.5 Å². The maximum absolute atomic E-state index is 12.6. The lowest BCUT2D eigenvalue weighted by molar-refractivity contribution is -0.137. The SMILES string of the molecule is Cc1ccccc1[C@@H](CC(=O)O)NC(=O)c1ccc(N2CCCC2=O)cc1. The van der Waals surface area contributed by atoms with Crippen LogP contribution in [0.15, 0.2) is 48.5 Å². The summed E-state index contributed by atoms with van der Waals surface area (Å²) in [5, 5.41) is 12.0. The summed E-state index contributed by atoms with van der Waals surface area (Å²) in [6.45, 7) is 2.58. The fourth-order valence-corrected chi connectivity index (χ4v) is 3.35. The van der Waals surface area contributed by atoms with Crippen LogP contribution in [-0.4, -0.2) is 29.4 Å². The predicted octanol–water partition coefficient (Wildman–Crippen LogP) is 3.07. The van der Waals surface area contributed by atoms with Crippen molar-refractivity contribution in [3.05, 3.63) is 65.2 Å². The predicted molar refractivity (Wildman–Crippen MR) is 102 cm³/mol. The van der Waals surface area contributed by atoms with Crippen LogP contribution in [0, 0.1) is 6.92 Å². The first-order valence-corrected chi connectivity index (χ1v) is 8.94. The first-order chi connectivity index (χ1) is 13.0. The zero-order chi connectivity index (χ0) is 19.4. The number of carboxylic acids is 1. The van der Waals surface area contributed by atoms with Crippen molar-refractivity contribution < 1.29 is 19.5 Å². The van der Waals surface area contributed by atoms with E-state index in [1.54, 1.807) is 29.2 Å². The number of aliphatic carboxylic acids is 1. The molecule has 27 heavy (non-hydrogen) atoms.